The largest absolute Gasteiger partial charge is 0.494 e. The highest BCUT2D eigenvalue weighted by Gasteiger charge is 2.66. The van der Waals surface area contributed by atoms with Crippen molar-refractivity contribution in [2.75, 3.05) is 27.2 Å². The van der Waals surface area contributed by atoms with Crippen LogP contribution < -0.4 is 16.0 Å². The van der Waals surface area contributed by atoms with Crippen LogP contribution in [0.5, 0.6) is 0 Å². The molecule has 6 N–H and O–H groups in total. The second kappa shape index (κ2) is 19.1. The Morgan fingerprint density at radius 2 is 1.52 bits per heavy atom. The van der Waals surface area contributed by atoms with Gasteiger partial charge in [-0.1, -0.05) is 55.8 Å². The normalized spacial score (nSPS) is 22.4. The number of carbonyl (C=O) groups is 5. The van der Waals surface area contributed by atoms with E-state index in [1.54, 1.807) is 24.3 Å². The van der Waals surface area contributed by atoms with E-state index in [0.717, 1.165) is 32.1 Å². The standard InChI is InChI=1S/C35H45N5O12/c1-5-26(43)38-29-28(37-21(2)41)31(52-35(32(29)46,34(48)40(4)50)51-19-11-7-10-14-27(44)39(3)49)30(45)25(42)20-36-33(47)24-17-15-23(16-18-24)22-12-8-6-9-13-22/h6,8-9,12-13,15-18,25,28-32,42,45-46H,5,7,10-11,14,19-20H2,1-4H3,(H-2,36,37,38,41,43,47)/p+2. The number of rotatable bonds is 17. The summed E-state index contributed by atoms with van der Waals surface area (Å²) in [5, 5.41) is 41.7. The Kier molecular flexibility index (Phi) is 15.3. The highest BCUT2D eigenvalue weighted by atomic mass is 16.7. The lowest BCUT2D eigenvalue weighted by molar-refractivity contribution is -0.476. The van der Waals surface area contributed by atoms with Crippen LogP contribution in [0.3, 0.4) is 0 Å². The zero-order valence-corrected chi connectivity index (χ0v) is 29.5. The molecular weight excluding hydrogens is 682 g/mol. The minimum atomic E-state index is -2.86. The first-order valence-electron chi connectivity index (χ1n) is 16.9. The van der Waals surface area contributed by atoms with Gasteiger partial charge in [0.15, 0.2) is 14.1 Å². The van der Waals surface area contributed by atoms with E-state index < -0.39 is 78.4 Å². The number of nitroso groups, excluding NO2 is 2. The molecule has 7 atom stereocenters. The first-order chi connectivity index (χ1) is 24.6. The van der Waals surface area contributed by atoms with Gasteiger partial charge in [-0.2, -0.15) is 0 Å². The number of aliphatic hydroxyl groups excluding tert-OH is 3. The summed E-state index contributed by atoms with van der Waals surface area (Å²) in [5.41, 5.74) is 2.05. The highest BCUT2D eigenvalue weighted by Crippen LogP contribution is 2.35. The number of nitrogens with one attached hydrogen (secondary N) is 3. The molecule has 0 saturated carbocycles. The van der Waals surface area contributed by atoms with Crippen molar-refractivity contribution in [3.05, 3.63) is 70.0 Å². The molecule has 17 heteroatoms. The molecule has 3 rings (SSSR count). The number of ether oxygens (including phenoxy) is 2. The van der Waals surface area contributed by atoms with Gasteiger partial charge in [0.25, 0.3) is 5.91 Å². The van der Waals surface area contributed by atoms with Crippen LogP contribution in [0.15, 0.2) is 54.6 Å². The van der Waals surface area contributed by atoms with Crippen molar-refractivity contribution in [2.45, 2.75) is 88.2 Å². The van der Waals surface area contributed by atoms with E-state index in [0.29, 0.717) is 6.42 Å². The smallest absolute Gasteiger partial charge is 0.388 e. The average molecular weight is 730 g/mol. The van der Waals surface area contributed by atoms with Gasteiger partial charge in [-0.3, -0.25) is 14.4 Å². The molecule has 1 aliphatic rings. The van der Waals surface area contributed by atoms with Crippen LogP contribution in [0.2, 0.25) is 0 Å². The van der Waals surface area contributed by atoms with E-state index in [2.05, 4.69) is 16.0 Å². The Hall–Kier alpha value is -4.81. The molecule has 0 bridgehead atoms. The lowest BCUT2D eigenvalue weighted by atomic mass is 9.83. The van der Waals surface area contributed by atoms with Gasteiger partial charge < -0.3 is 40.7 Å². The quantitative estimate of drug-likeness (QED) is 0.0940. The summed E-state index contributed by atoms with van der Waals surface area (Å²) < 4.78 is 11.7. The van der Waals surface area contributed by atoms with Crippen LogP contribution in [0.25, 0.3) is 11.1 Å². The van der Waals surface area contributed by atoms with E-state index in [9.17, 15) is 49.1 Å². The molecule has 2 aromatic carbocycles. The summed E-state index contributed by atoms with van der Waals surface area (Å²) in [6.07, 6.45) is -7.22. The molecule has 1 saturated heterocycles. The van der Waals surface area contributed by atoms with E-state index in [-0.39, 0.29) is 47.4 Å². The first kappa shape index (κ1) is 41.6. The minimum Gasteiger partial charge on any atom is -0.388 e. The second-order valence-corrected chi connectivity index (χ2v) is 12.4. The average Bonchev–Trinajstić information content (AvgIpc) is 3.13. The summed E-state index contributed by atoms with van der Waals surface area (Å²) in [5.74, 6) is -6.91. The fraction of sp³-hybridized carbons (Fsp3) is 0.514. The molecule has 0 aromatic heterocycles. The molecular formula is C35H47N5O12+2. The molecule has 0 spiro atoms. The van der Waals surface area contributed by atoms with Gasteiger partial charge in [0.2, 0.25) is 11.8 Å². The lowest BCUT2D eigenvalue weighted by Crippen LogP contribution is -2.78. The number of hydrogen-bond donors (Lipinski definition) is 6. The molecule has 7 unspecified atom stereocenters. The van der Waals surface area contributed by atoms with Crippen molar-refractivity contribution in [1.82, 2.24) is 16.0 Å². The van der Waals surface area contributed by atoms with Crippen molar-refractivity contribution in [1.29, 1.82) is 0 Å². The molecule has 282 valence electrons. The zero-order chi connectivity index (χ0) is 38.6. The van der Waals surface area contributed by atoms with Crippen molar-refractivity contribution in [3.63, 3.8) is 0 Å². The van der Waals surface area contributed by atoms with E-state index in [1.807, 2.05) is 30.3 Å². The topological polar surface area (TPSA) is 241 Å². The number of nitrogens with zero attached hydrogens (tertiary/aromatic N) is 2. The molecule has 0 radical (unpaired) electrons. The molecule has 52 heavy (non-hydrogen) atoms. The number of benzene rings is 2. The Bertz CT molecular complexity index is 1600. The van der Waals surface area contributed by atoms with E-state index in [1.165, 1.54) is 6.92 Å². The van der Waals surface area contributed by atoms with Crippen LogP contribution >= 0.6 is 0 Å². The summed E-state index contributed by atoms with van der Waals surface area (Å²) in [6.45, 7) is 1.71. The Morgan fingerprint density at radius 1 is 0.885 bits per heavy atom. The molecule has 0 aliphatic carbocycles. The van der Waals surface area contributed by atoms with Gasteiger partial charge >= 0.3 is 17.6 Å². The molecule has 1 fully saturated rings. The van der Waals surface area contributed by atoms with Crippen LogP contribution in [-0.4, -0.2) is 124 Å². The number of likely N-dealkylation sites (N-methyl/N-ethyl adjacent to an activating group) is 1. The van der Waals surface area contributed by atoms with Gasteiger partial charge in [-0.25, -0.2) is 9.59 Å². The Morgan fingerprint density at radius 3 is 2.10 bits per heavy atom. The second-order valence-electron chi connectivity index (χ2n) is 12.4. The van der Waals surface area contributed by atoms with Crippen molar-refractivity contribution >= 4 is 29.5 Å². The van der Waals surface area contributed by atoms with Crippen molar-refractivity contribution < 1.29 is 58.3 Å². The van der Waals surface area contributed by atoms with Crippen molar-refractivity contribution in [3.8, 4) is 11.1 Å². The van der Waals surface area contributed by atoms with Crippen LogP contribution in [0.4, 0.5) is 0 Å². The fourth-order valence-electron chi connectivity index (χ4n) is 5.73. The number of aliphatic hydroxyl groups is 3. The van der Waals surface area contributed by atoms with Gasteiger partial charge in [-0.05, 0) is 36.1 Å². The maximum atomic E-state index is 13.5. The number of amides is 5. The summed E-state index contributed by atoms with van der Waals surface area (Å²) in [7, 11) is 1.89. The number of unbranched alkanes of at least 4 members (excludes halogenated alkanes) is 2. The molecule has 2 aromatic rings. The van der Waals surface area contributed by atoms with Gasteiger partial charge in [0.1, 0.15) is 18.3 Å². The third kappa shape index (κ3) is 10.6. The predicted molar refractivity (Wildman–Crippen MR) is 183 cm³/mol. The molecule has 1 aliphatic heterocycles. The monoisotopic (exact) mass is 729 g/mol. The Balaban J connectivity index is 1.87. The number of carbonyl (C=O) groups excluding carboxylic acids is 5. The summed E-state index contributed by atoms with van der Waals surface area (Å²) in [4.78, 5) is 86.7. The highest BCUT2D eigenvalue weighted by molar-refractivity contribution is 5.94. The lowest BCUT2D eigenvalue weighted by Gasteiger charge is -2.50. The minimum absolute atomic E-state index is 0.0578. The Labute approximate surface area is 300 Å². The van der Waals surface area contributed by atoms with Gasteiger partial charge in [0, 0.05) is 35.3 Å². The van der Waals surface area contributed by atoms with E-state index >= 15 is 0 Å². The maximum Gasteiger partial charge on any atom is 0.494 e. The number of hydrogen-bond acceptors (Lipinski definition) is 12. The van der Waals surface area contributed by atoms with Gasteiger partial charge in [0.05, 0.1) is 40.7 Å². The van der Waals surface area contributed by atoms with Crippen LogP contribution in [-0.2, 0) is 28.7 Å². The third-order valence-electron chi connectivity index (χ3n) is 8.54. The summed E-state index contributed by atoms with van der Waals surface area (Å²) in [6, 6.07) is 13.0. The first-order valence-corrected chi connectivity index (χ1v) is 16.9. The van der Waals surface area contributed by atoms with Gasteiger partial charge in [-0.15, -0.1) is 0 Å². The SMILES string of the molecule is CCC(=O)NC1C(NC(C)=O)C(C(O)C(O)CNC(=O)c2ccc(-c3ccccc3)cc2)OC(OCCCCCC(=O)[N+](C)=O)(C(=O)[N+](C)=O)C1O. The zero-order valence-electron chi connectivity index (χ0n) is 29.5. The molecule has 5 amide bonds. The third-order valence-corrected chi connectivity index (χ3v) is 8.54. The predicted octanol–water partition coefficient (Wildman–Crippen LogP) is 0.108. The molecule has 17 nitrogen and oxygen atoms in total. The van der Waals surface area contributed by atoms with Crippen LogP contribution in [0, 0.1) is 9.81 Å². The summed E-state index contributed by atoms with van der Waals surface area (Å²) >= 11 is 0. The maximum absolute atomic E-state index is 13.5. The van der Waals surface area contributed by atoms with Crippen LogP contribution in [0.1, 0.15) is 56.3 Å². The fourth-order valence-corrected chi connectivity index (χ4v) is 5.73. The van der Waals surface area contributed by atoms with Crippen molar-refractivity contribution in [2.24, 2.45) is 0 Å². The molecule has 1 heterocycles. The van der Waals surface area contributed by atoms with E-state index in [4.69, 9.17) is 9.47 Å².